The van der Waals surface area contributed by atoms with Crippen LogP contribution in [0.3, 0.4) is 0 Å². The third-order valence-electron chi connectivity index (χ3n) is 6.09. The van der Waals surface area contributed by atoms with Crippen molar-refractivity contribution in [3.63, 3.8) is 0 Å². The van der Waals surface area contributed by atoms with Crippen LogP contribution >= 0.6 is 15.8 Å². The summed E-state index contributed by atoms with van der Waals surface area (Å²) in [4.78, 5) is 8.00. The van der Waals surface area contributed by atoms with Gasteiger partial charge in [0.1, 0.15) is 6.79 Å². The van der Waals surface area contributed by atoms with Gasteiger partial charge in [-0.2, -0.15) is 0 Å². The average Bonchev–Trinajstić information content (AvgIpc) is 3.06. The van der Waals surface area contributed by atoms with Gasteiger partial charge >= 0.3 is 19.5 Å². The zero-order valence-electron chi connectivity index (χ0n) is 23.8. The van der Waals surface area contributed by atoms with E-state index in [2.05, 4.69) is 182 Å². The Hall–Kier alpha value is -2.66. The SMILES string of the molecule is C=O.[Cl-].[Cl-].[Cl-].[Rh+3].c1ccc(P(c2ccccc2)c2ccccc2)cc1.c1ccc(P(c2ccccc2)c2ccccc2)cc1. The molecule has 6 rings (SSSR count). The van der Waals surface area contributed by atoms with Gasteiger partial charge in [-0.15, -0.1) is 0 Å². The van der Waals surface area contributed by atoms with E-state index in [4.69, 9.17) is 4.79 Å². The Labute approximate surface area is 296 Å². The molecular formula is C37H32Cl3OP2Rh. The summed E-state index contributed by atoms with van der Waals surface area (Å²) in [6, 6.07) is 64.7. The van der Waals surface area contributed by atoms with Crippen LogP contribution in [-0.2, 0) is 24.3 Å². The number of carbonyl (C=O) groups is 1. The molecule has 0 aliphatic rings. The molecule has 6 aromatic rings. The van der Waals surface area contributed by atoms with Crippen LogP contribution in [0.4, 0.5) is 0 Å². The van der Waals surface area contributed by atoms with E-state index in [9.17, 15) is 0 Å². The minimum Gasteiger partial charge on any atom is -1.00 e. The fourth-order valence-electron chi connectivity index (χ4n) is 4.36. The van der Waals surface area contributed by atoms with Crippen molar-refractivity contribution < 1.29 is 61.5 Å². The molecule has 0 spiro atoms. The van der Waals surface area contributed by atoms with E-state index in [1.54, 1.807) is 0 Å². The topological polar surface area (TPSA) is 17.1 Å². The summed E-state index contributed by atoms with van der Waals surface area (Å²) in [6.07, 6.45) is 0. The van der Waals surface area contributed by atoms with Crippen LogP contribution in [0.25, 0.3) is 0 Å². The molecule has 0 fully saturated rings. The molecule has 44 heavy (non-hydrogen) atoms. The maximum atomic E-state index is 8.00. The number of carbonyl (C=O) groups excluding carboxylic acids is 1. The van der Waals surface area contributed by atoms with Crippen molar-refractivity contribution in [1.29, 1.82) is 0 Å². The number of rotatable bonds is 6. The minimum absolute atomic E-state index is 0. The van der Waals surface area contributed by atoms with Crippen LogP contribution in [0.2, 0.25) is 0 Å². The van der Waals surface area contributed by atoms with Crippen molar-refractivity contribution in [2.75, 3.05) is 0 Å². The van der Waals surface area contributed by atoms with E-state index < -0.39 is 15.8 Å². The van der Waals surface area contributed by atoms with Crippen molar-refractivity contribution in [3.05, 3.63) is 182 Å². The Bertz CT molecular complexity index is 1210. The second-order valence-corrected chi connectivity index (χ2v) is 13.1. The summed E-state index contributed by atoms with van der Waals surface area (Å²) in [5.74, 6) is 0. The fourth-order valence-corrected chi connectivity index (χ4v) is 8.97. The summed E-state index contributed by atoms with van der Waals surface area (Å²) >= 11 is 0. The maximum Gasteiger partial charge on any atom is 3.00 e. The smallest absolute Gasteiger partial charge is 1.00 e. The molecule has 7 heteroatoms. The van der Waals surface area contributed by atoms with Crippen molar-refractivity contribution in [1.82, 2.24) is 0 Å². The molecular weight excluding hydrogens is 732 g/mol. The second kappa shape index (κ2) is 23.7. The standard InChI is InChI=1S/2C18H15P.CH2O.3ClH.Rh/c2*1-4-10-16(11-5-1)19(17-12-6-2-7-13-17)18-14-8-3-9-15-18;1-2;;;;/h2*1-15H;1H2;3*1H;/q;;;;;;+3/p-3. The first-order valence-corrected chi connectivity index (χ1v) is 15.8. The van der Waals surface area contributed by atoms with Gasteiger partial charge < -0.3 is 42.0 Å². The normalized spacial score (nSPS) is 9.23. The zero-order chi connectivity index (χ0) is 27.8. The second-order valence-electron chi connectivity index (χ2n) is 8.68. The Morgan fingerprint density at radius 2 is 0.386 bits per heavy atom. The first-order chi connectivity index (χ1) is 19.9. The third kappa shape index (κ3) is 12.0. The molecule has 0 aromatic heterocycles. The van der Waals surface area contributed by atoms with E-state index in [-0.39, 0.29) is 56.7 Å². The molecule has 0 unspecified atom stereocenters. The summed E-state index contributed by atoms with van der Waals surface area (Å²) in [7, 11) is -0.892. The van der Waals surface area contributed by atoms with E-state index >= 15 is 0 Å². The number of hydrogen-bond acceptors (Lipinski definition) is 1. The van der Waals surface area contributed by atoms with Crippen molar-refractivity contribution in [3.8, 4) is 0 Å². The molecule has 0 amide bonds. The molecule has 0 heterocycles. The van der Waals surface area contributed by atoms with Crippen LogP contribution in [0, 0.1) is 0 Å². The van der Waals surface area contributed by atoms with Gasteiger partial charge in [0.25, 0.3) is 0 Å². The van der Waals surface area contributed by atoms with E-state index in [0.29, 0.717) is 0 Å². The van der Waals surface area contributed by atoms with Gasteiger partial charge in [-0.1, -0.05) is 182 Å². The molecule has 0 saturated carbocycles. The number of benzene rings is 6. The van der Waals surface area contributed by atoms with Crippen LogP contribution < -0.4 is 69.0 Å². The van der Waals surface area contributed by atoms with Gasteiger partial charge in [-0.25, -0.2) is 0 Å². The largest absolute Gasteiger partial charge is 3.00 e. The summed E-state index contributed by atoms with van der Waals surface area (Å²) in [6.45, 7) is 2.00. The van der Waals surface area contributed by atoms with Gasteiger partial charge in [0.05, 0.1) is 0 Å². The van der Waals surface area contributed by atoms with Crippen molar-refractivity contribution in [2.45, 2.75) is 0 Å². The minimum atomic E-state index is -0.446. The quantitative estimate of drug-likeness (QED) is 0.138. The summed E-state index contributed by atoms with van der Waals surface area (Å²) < 4.78 is 0. The van der Waals surface area contributed by atoms with Crippen LogP contribution in [0.15, 0.2) is 182 Å². The Balaban J connectivity index is 0.000000733. The molecule has 0 aliphatic carbocycles. The van der Waals surface area contributed by atoms with Gasteiger partial charge in [-0.05, 0) is 47.7 Å². The average molecular weight is 764 g/mol. The summed E-state index contributed by atoms with van der Waals surface area (Å²) in [5.41, 5.74) is 0. The molecule has 1 nitrogen and oxygen atoms in total. The van der Waals surface area contributed by atoms with Crippen LogP contribution in [-0.4, -0.2) is 6.79 Å². The van der Waals surface area contributed by atoms with Gasteiger partial charge in [0, 0.05) is 0 Å². The third-order valence-corrected chi connectivity index (χ3v) is 11.0. The van der Waals surface area contributed by atoms with Gasteiger partial charge in [-0.3, -0.25) is 0 Å². The maximum absolute atomic E-state index is 8.00. The van der Waals surface area contributed by atoms with Crippen molar-refractivity contribution in [2.24, 2.45) is 0 Å². The Morgan fingerprint density at radius 1 is 0.273 bits per heavy atom. The first-order valence-electron chi connectivity index (χ1n) is 13.1. The van der Waals surface area contributed by atoms with Gasteiger partial charge in [0.15, 0.2) is 0 Å². The van der Waals surface area contributed by atoms with Crippen LogP contribution in [0.5, 0.6) is 0 Å². The summed E-state index contributed by atoms with van der Waals surface area (Å²) in [5, 5.41) is 8.39. The van der Waals surface area contributed by atoms with Crippen molar-refractivity contribution >= 4 is 54.5 Å². The van der Waals surface area contributed by atoms with Gasteiger partial charge in [0.2, 0.25) is 0 Å². The molecule has 0 radical (unpaired) electrons. The Morgan fingerprint density at radius 3 is 0.500 bits per heavy atom. The van der Waals surface area contributed by atoms with E-state index in [1.807, 2.05) is 6.79 Å². The van der Waals surface area contributed by atoms with E-state index in [0.717, 1.165) is 0 Å². The first kappa shape index (κ1) is 41.3. The number of hydrogen-bond donors (Lipinski definition) is 0. The molecule has 226 valence electrons. The van der Waals surface area contributed by atoms with E-state index in [1.165, 1.54) is 31.8 Å². The predicted molar refractivity (Wildman–Crippen MR) is 177 cm³/mol. The van der Waals surface area contributed by atoms with Crippen LogP contribution in [0.1, 0.15) is 0 Å². The molecule has 0 N–H and O–H groups in total. The molecule has 0 saturated heterocycles. The fraction of sp³-hybridized carbons (Fsp3) is 0. The monoisotopic (exact) mass is 762 g/mol. The molecule has 0 bridgehead atoms. The number of halogens is 3. The Kier molecular flexibility index (Phi) is 22.3. The molecule has 6 aromatic carbocycles. The molecule has 0 aliphatic heterocycles. The zero-order valence-corrected chi connectivity index (χ0v) is 29.5. The predicted octanol–water partition coefficient (Wildman–Crippen LogP) is -2.29. The molecule has 0 atom stereocenters.